The molecule has 1 aromatic heterocycles. The second kappa shape index (κ2) is 8.82. The fraction of sp³-hybridized carbons (Fsp3) is 0.261. The summed E-state index contributed by atoms with van der Waals surface area (Å²) < 4.78 is 0. The van der Waals surface area contributed by atoms with E-state index >= 15 is 0 Å². The van der Waals surface area contributed by atoms with E-state index in [1.807, 2.05) is 54.7 Å². The lowest BCUT2D eigenvalue weighted by atomic mass is 10.1. The number of hydrogen-bond acceptors (Lipinski definition) is 3. The smallest absolute Gasteiger partial charge is 0.325 e. The van der Waals surface area contributed by atoms with Gasteiger partial charge in [0.2, 0.25) is 5.91 Å². The molecule has 4 rings (SSSR count). The van der Waals surface area contributed by atoms with Gasteiger partial charge in [0.05, 0.1) is 6.54 Å². The van der Waals surface area contributed by atoms with E-state index in [0.717, 1.165) is 28.5 Å². The quantitative estimate of drug-likeness (QED) is 0.504. The molecule has 7 heteroatoms. The number of carbonyl (C=O) groups is 3. The molecule has 0 spiro atoms. The highest BCUT2D eigenvalue weighted by Crippen LogP contribution is 2.18. The monoisotopic (exact) mass is 404 g/mol. The summed E-state index contributed by atoms with van der Waals surface area (Å²) in [6.07, 6.45) is 3.16. The highest BCUT2D eigenvalue weighted by atomic mass is 16.2. The highest BCUT2D eigenvalue weighted by molar-refractivity contribution is 6.04. The van der Waals surface area contributed by atoms with Crippen molar-refractivity contribution >= 4 is 28.7 Å². The number of aromatic amines is 1. The normalized spacial score (nSPS) is 16.1. The van der Waals surface area contributed by atoms with Crippen molar-refractivity contribution in [2.45, 2.75) is 31.8 Å². The number of amides is 4. The molecule has 2 heterocycles. The van der Waals surface area contributed by atoms with Gasteiger partial charge in [-0.3, -0.25) is 14.5 Å². The number of carbonyl (C=O) groups excluding carboxylic acids is 3. The van der Waals surface area contributed by atoms with E-state index in [4.69, 9.17) is 0 Å². The molecule has 3 aromatic rings. The van der Waals surface area contributed by atoms with Gasteiger partial charge in [-0.1, -0.05) is 48.5 Å². The van der Waals surface area contributed by atoms with Crippen LogP contribution in [0.5, 0.6) is 0 Å². The molecular weight excluding hydrogens is 380 g/mol. The van der Waals surface area contributed by atoms with E-state index in [2.05, 4.69) is 21.7 Å². The molecule has 30 heavy (non-hydrogen) atoms. The highest BCUT2D eigenvalue weighted by Gasteiger charge is 2.37. The van der Waals surface area contributed by atoms with E-state index in [-0.39, 0.29) is 31.2 Å². The number of nitrogens with zero attached hydrogens (tertiary/aromatic N) is 1. The summed E-state index contributed by atoms with van der Waals surface area (Å²) in [4.78, 5) is 41.3. The van der Waals surface area contributed by atoms with Crippen LogP contribution in [0.2, 0.25) is 0 Å². The Morgan fingerprint density at radius 1 is 1.03 bits per heavy atom. The summed E-state index contributed by atoms with van der Waals surface area (Å²) >= 11 is 0. The Bertz CT molecular complexity index is 1060. The van der Waals surface area contributed by atoms with Gasteiger partial charge in [-0.25, -0.2) is 4.79 Å². The lowest BCUT2D eigenvalue weighted by Gasteiger charge is -2.13. The van der Waals surface area contributed by atoms with Crippen molar-refractivity contribution in [3.63, 3.8) is 0 Å². The van der Waals surface area contributed by atoms with Gasteiger partial charge in [-0.15, -0.1) is 0 Å². The lowest BCUT2D eigenvalue weighted by Crippen LogP contribution is -2.33. The van der Waals surface area contributed by atoms with Crippen LogP contribution >= 0.6 is 0 Å². The number of aromatic nitrogens is 1. The van der Waals surface area contributed by atoms with E-state index in [1.165, 1.54) is 4.90 Å². The summed E-state index contributed by atoms with van der Waals surface area (Å²) in [5.41, 5.74) is 3.12. The Labute approximate surface area is 174 Å². The molecule has 0 unspecified atom stereocenters. The fourth-order valence-corrected chi connectivity index (χ4v) is 3.73. The molecule has 2 aromatic carbocycles. The van der Waals surface area contributed by atoms with Gasteiger partial charge in [-0.05, 0) is 30.0 Å². The Kier molecular flexibility index (Phi) is 5.79. The molecule has 1 atom stereocenters. The summed E-state index contributed by atoms with van der Waals surface area (Å²) in [6.45, 7) is 0.755. The molecule has 0 radical (unpaired) electrons. The standard InChI is InChI=1S/C23H24N4O3/c28-21(24-13-12-17-14-25-19-9-5-4-8-18(17)19)11-10-20-22(29)27(23(30)26-20)15-16-6-2-1-3-7-16/h1-9,14,20,25H,10-13,15H2,(H,24,28)(H,26,30)/t20-/m1/s1. The molecule has 154 valence electrons. The van der Waals surface area contributed by atoms with Crippen molar-refractivity contribution in [2.24, 2.45) is 0 Å². The van der Waals surface area contributed by atoms with Gasteiger partial charge in [0.15, 0.2) is 0 Å². The van der Waals surface area contributed by atoms with Crippen LogP contribution < -0.4 is 10.6 Å². The Hall–Kier alpha value is -3.61. The summed E-state index contributed by atoms with van der Waals surface area (Å²) in [5.74, 6) is -0.408. The zero-order valence-corrected chi connectivity index (χ0v) is 16.6. The minimum Gasteiger partial charge on any atom is -0.361 e. The van der Waals surface area contributed by atoms with Gasteiger partial charge < -0.3 is 15.6 Å². The van der Waals surface area contributed by atoms with Crippen molar-refractivity contribution in [1.82, 2.24) is 20.5 Å². The SMILES string of the molecule is O=C(CC[C@H]1NC(=O)N(Cc2ccccc2)C1=O)NCCc1c[nH]c2ccccc12. The minimum absolute atomic E-state index is 0.126. The minimum atomic E-state index is -0.652. The van der Waals surface area contributed by atoms with Crippen molar-refractivity contribution in [1.29, 1.82) is 0 Å². The fourth-order valence-electron chi connectivity index (χ4n) is 3.73. The van der Waals surface area contributed by atoms with Crippen molar-refractivity contribution in [3.8, 4) is 0 Å². The Morgan fingerprint density at radius 3 is 2.63 bits per heavy atom. The third-order valence-corrected chi connectivity index (χ3v) is 5.34. The largest absolute Gasteiger partial charge is 0.361 e. The number of urea groups is 1. The molecule has 0 aliphatic carbocycles. The topological polar surface area (TPSA) is 94.3 Å². The van der Waals surface area contributed by atoms with Gasteiger partial charge in [0.1, 0.15) is 6.04 Å². The average Bonchev–Trinajstić information content (AvgIpc) is 3.29. The Balaban J connectivity index is 1.23. The number of benzene rings is 2. The first-order valence-electron chi connectivity index (χ1n) is 10.1. The molecule has 1 fully saturated rings. The number of hydrogen-bond donors (Lipinski definition) is 3. The molecule has 4 amide bonds. The Morgan fingerprint density at radius 2 is 1.80 bits per heavy atom. The molecular formula is C23H24N4O3. The summed E-state index contributed by atoms with van der Waals surface area (Å²) in [7, 11) is 0. The van der Waals surface area contributed by atoms with Crippen LogP contribution in [0.1, 0.15) is 24.0 Å². The maximum Gasteiger partial charge on any atom is 0.325 e. The first kappa shape index (κ1) is 19.7. The lowest BCUT2D eigenvalue weighted by molar-refractivity contribution is -0.128. The summed E-state index contributed by atoms with van der Waals surface area (Å²) in [5, 5.41) is 6.73. The maximum absolute atomic E-state index is 12.5. The third kappa shape index (κ3) is 4.35. The maximum atomic E-state index is 12.5. The van der Waals surface area contributed by atoms with Gasteiger partial charge in [0, 0.05) is 30.1 Å². The van der Waals surface area contributed by atoms with Gasteiger partial charge >= 0.3 is 6.03 Å². The summed E-state index contributed by atoms with van der Waals surface area (Å²) in [6, 6.07) is 16.3. The molecule has 1 saturated heterocycles. The van der Waals surface area contributed by atoms with Crippen LogP contribution in [-0.2, 0) is 22.6 Å². The number of H-pyrrole nitrogens is 1. The number of nitrogens with one attached hydrogen (secondary N) is 3. The van der Waals surface area contributed by atoms with Crippen LogP contribution in [0.3, 0.4) is 0 Å². The molecule has 1 aliphatic rings. The second-order valence-corrected chi connectivity index (χ2v) is 7.41. The van der Waals surface area contributed by atoms with Crippen LogP contribution in [0.25, 0.3) is 10.9 Å². The van der Waals surface area contributed by atoms with Crippen LogP contribution in [0.4, 0.5) is 4.79 Å². The van der Waals surface area contributed by atoms with E-state index < -0.39 is 12.1 Å². The average molecular weight is 404 g/mol. The van der Waals surface area contributed by atoms with Crippen molar-refractivity contribution in [2.75, 3.05) is 6.54 Å². The molecule has 0 bridgehead atoms. The van der Waals surface area contributed by atoms with Crippen LogP contribution in [-0.4, -0.2) is 40.3 Å². The first-order valence-corrected chi connectivity index (χ1v) is 10.1. The predicted molar refractivity (Wildman–Crippen MR) is 114 cm³/mol. The number of fused-ring (bicyclic) bond motifs is 1. The molecule has 1 aliphatic heterocycles. The van der Waals surface area contributed by atoms with Gasteiger partial charge in [0.25, 0.3) is 5.91 Å². The van der Waals surface area contributed by atoms with Crippen molar-refractivity contribution in [3.05, 3.63) is 71.9 Å². The second-order valence-electron chi connectivity index (χ2n) is 7.41. The molecule has 0 saturated carbocycles. The van der Waals surface area contributed by atoms with Crippen LogP contribution in [0.15, 0.2) is 60.8 Å². The predicted octanol–water partition coefficient (Wildman–Crippen LogP) is 2.73. The van der Waals surface area contributed by atoms with E-state index in [1.54, 1.807) is 0 Å². The van der Waals surface area contributed by atoms with Gasteiger partial charge in [-0.2, -0.15) is 0 Å². The zero-order chi connectivity index (χ0) is 20.9. The molecule has 3 N–H and O–H groups in total. The third-order valence-electron chi connectivity index (χ3n) is 5.34. The number of para-hydroxylation sites is 1. The number of imide groups is 1. The number of rotatable bonds is 8. The zero-order valence-electron chi connectivity index (χ0n) is 16.6. The first-order chi connectivity index (χ1) is 14.6. The van der Waals surface area contributed by atoms with Crippen molar-refractivity contribution < 1.29 is 14.4 Å². The van der Waals surface area contributed by atoms with E-state index in [9.17, 15) is 14.4 Å². The van der Waals surface area contributed by atoms with Crippen LogP contribution in [0, 0.1) is 0 Å². The molecule has 7 nitrogen and oxygen atoms in total. The van der Waals surface area contributed by atoms with E-state index in [0.29, 0.717) is 6.54 Å².